The standard InChI is InChI=1S/C13H22ClNOS/c1-5-8-15-10(9-13(2,3)16-4)11-6-7-12(14)17-11/h6-7,10,15H,5,8-9H2,1-4H3. The van der Waals surface area contributed by atoms with Crippen LogP contribution in [0.2, 0.25) is 4.34 Å². The van der Waals surface area contributed by atoms with Crippen LogP contribution in [0.5, 0.6) is 0 Å². The lowest BCUT2D eigenvalue weighted by atomic mass is 9.97. The maximum absolute atomic E-state index is 6.00. The van der Waals surface area contributed by atoms with Gasteiger partial charge in [-0.1, -0.05) is 18.5 Å². The highest BCUT2D eigenvalue weighted by Crippen LogP contribution is 2.32. The molecule has 98 valence electrons. The Morgan fingerprint density at radius 2 is 2.18 bits per heavy atom. The van der Waals surface area contributed by atoms with Crippen molar-refractivity contribution in [3.05, 3.63) is 21.3 Å². The van der Waals surface area contributed by atoms with Gasteiger partial charge in [-0.3, -0.25) is 0 Å². The third kappa shape index (κ3) is 4.96. The van der Waals surface area contributed by atoms with E-state index in [0.29, 0.717) is 6.04 Å². The summed E-state index contributed by atoms with van der Waals surface area (Å²) in [5.41, 5.74) is -0.123. The maximum Gasteiger partial charge on any atom is 0.0931 e. The summed E-state index contributed by atoms with van der Waals surface area (Å²) in [4.78, 5) is 1.29. The maximum atomic E-state index is 6.00. The summed E-state index contributed by atoms with van der Waals surface area (Å²) in [5, 5.41) is 3.56. The number of ether oxygens (including phenoxy) is 1. The molecular formula is C13H22ClNOS. The second kappa shape index (κ2) is 6.74. The van der Waals surface area contributed by atoms with E-state index in [-0.39, 0.29) is 5.60 Å². The minimum Gasteiger partial charge on any atom is -0.379 e. The molecule has 0 bridgehead atoms. The van der Waals surface area contributed by atoms with Crippen LogP contribution in [0.25, 0.3) is 0 Å². The van der Waals surface area contributed by atoms with Gasteiger partial charge in [0.1, 0.15) is 0 Å². The quantitative estimate of drug-likeness (QED) is 0.803. The Balaban J connectivity index is 2.73. The summed E-state index contributed by atoms with van der Waals surface area (Å²) in [6.45, 7) is 7.42. The van der Waals surface area contributed by atoms with Crippen molar-refractivity contribution in [2.75, 3.05) is 13.7 Å². The zero-order valence-electron chi connectivity index (χ0n) is 11.0. The molecule has 4 heteroatoms. The second-order valence-electron chi connectivity index (χ2n) is 4.82. The fourth-order valence-electron chi connectivity index (χ4n) is 1.68. The van der Waals surface area contributed by atoms with E-state index in [2.05, 4.69) is 32.2 Å². The Bertz CT molecular complexity index is 338. The van der Waals surface area contributed by atoms with Gasteiger partial charge < -0.3 is 10.1 Å². The van der Waals surface area contributed by atoms with Crippen LogP contribution >= 0.6 is 22.9 Å². The van der Waals surface area contributed by atoms with Gasteiger partial charge in [0.2, 0.25) is 0 Å². The second-order valence-corrected chi connectivity index (χ2v) is 6.56. The van der Waals surface area contributed by atoms with Crippen LogP contribution in [0.4, 0.5) is 0 Å². The van der Waals surface area contributed by atoms with Crippen LogP contribution in [0.15, 0.2) is 12.1 Å². The highest BCUT2D eigenvalue weighted by atomic mass is 35.5. The summed E-state index contributed by atoms with van der Waals surface area (Å²) in [5.74, 6) is 0. The highest BCUT2D eigenvalue weighted by molar-refractivity contribution is 7.16. The molecule has 1 unspecified atom stereocenters. The number of hydrogen-bond acceptors (Lipinski definition) is 3. The summed E-state index contributed by atoms with van der Waals surface area (Å²) >= 11 is 7.65. The van der Waals surface area contributed by atoms with E-state index < -0.39 is 0 Å². The molecule has 17 heavy (non-hydrogen) atoms. The van der Waals surface area contributed by atoms with Crippen molar-refractivity contribution in [2.45, 2.75) is 45.3 Å². The van der Waals surface area contributed by atoms with Crippen molar-refractivity contribution in [2.24, 2.45) is 0 Å². The van der Waals surface area contributed by atoms with Crippen LogP contribution in [0, 0.1) is 0 Å². The molecule has 0 radical (unpaired) electrons. The average Bonchev–Trinajstić information content (AvgIpc) is 2.71. The van der Waals surface area contributed by atoms with Gasteiger partial charge in [-0.25, -0.2) is 0 Å². The molecule has 0 saturated heterocycles. The zero-order valence-corrected chi connectivity index (χ0v) is 12.6. The van der Waals surface area contributed by atoms with Crippen LogP contribution in [-0.4, -0.2) is 19.3 Å². The Morgan fingerprint density at radius 1 is 1.47 bits per heavy atom. The van der Waals surface area contributed by atoms with Crippen molar-refractivity contribution in [1.29, 1.82) is 0 Å². The van der Waals surface area contributed by atoms with Crippen molar-refractivity contribution in [3.63, 3.8) is 0 Å². The largest absolute Gasteiger partial charge is 0.379 e. The Hall–Kier alpha value is -0.0900. The van der Waals surface area contributed by atoms with Crippen LogP contribution in [-0.2, 0) is 4.74 Å². The van der Waals surface area contributed by atoms with E-state index in [4.69, 9.17) is 16.3 Å². The molecule has 1 aromatic heterocycles. The molecule has 0 aromatic carbocycles. The molecule has 2 nitrogen and oxygen atoms in total. The molecule has 0 aliphatic heterocycles. The first kappa shape index (κ1) is 15.0. The molecule has 1 rings (SSSR count). The average molecular weight is 276 g/mol. The van der Waals surface area contributed by atoms with Gasteiger partial charge in [-0.2, -0.15) is 0 Å². The molecule has 0 aliphatic rings. The Morgan fingerprint density at radius 3 is 2.65 bits per heavy atom. The third-order valence-corrected chi connectivity index (χ3v) is 4.17. The summed E-state index contributed by atoms with van der Waals surface area (Å²) < 4.78 is 6.35. The molecule has 1 heterocycles. The van der Waals surface area contributed by atoms with Gasteiger partial charge >= 0.3 is 0 Å². The third-order valence-electron chi connectivity index (χ3n) is 2.83. The van der Waals surface area contributed by atoms with E-state index >= 15 is 0 Å². The monoisotopic (exact) mass is 275 g/mol. The van der Waals surface area contributed by atoms with Crippen LogP contribution in [0.3, 0.4) is 0 Å². The highest BCUT2D eigenvalue weighted by Gasteiger charge is 2.24. The Kier molecular flexibility index (Phi) is 5.93. The molecule has 1 aromatic rings. The number of nitrogens with one attached hydrogen (secondary N) is 1. The smallest absolute Gasteiger partial charge is 0.0931 e. The predicted molar refractivity (Wildman–Crippen MR) is 76.1 cm³/mol. The molecule has 0 aliphatic carbocycles. The normalized spacial score (nSPS) is 13.9. The molecule has 0 spiro atoms. The number of halogens is 1. The first-order chi connectivity index (χ1) is 7.98. The van der Waals surface area contributed by atoms with E-state index in [1.165, 1.54) is 4.88 Å². The summed E-state index contributed by atoms with van der Waals surface area (Å²) in [6.07, 6.45) is 2.07. The first-order valence-electron chi connectivity index (χ1n) is 6.02. The number of methoxy groups -OCH3 is 1. The lowest BCUT2D eigenvalue weighted by molar-refractivity contribution is 0.00714. The molecule has 0 saturated carbocycles. The van der Waals surface area contributed by atoms with Gasteiger partial charge in [0.25, 0.3) is 0 Å². The minimum absolute atomic E-state index is 0.123. The van der Waals surface area contributed by atoms with E-state index in [0.717, 1.165) is 23.7 Å². The van der Waals surface area contributed by atoms with Crippen molar-refractivity contribution < 1.29 is 4.74 Å². The van der Waals surface area contributed by atoms with Crippen LogP contribution < -0.4 is 5.32 Å². The van der Waals surface area contributed by atoms with Gasteiger partial charge in [0, 0.05) is 18.0 Å². The fraction of sp³-hybridized carbons (Fsp3) is 0.692. The molecule has 1 N–H and O–H groups in total. The fourth-order valence-corrected chi connectivity index (χ4v) is 2.82. The van der Waals surface area contributed by atoms with Gasteiger partial charge in [-0.05, 0) is 45.4 Å². The number of thiophene rings is 1. The SMILES string of the molecule is CCCNC(CC(C)(C)OC)c1ccc(Cl)s1. The molecule has 1 atom stereocenters. The summed E-state index contributed by atoms with van der Waals surface area (Å²) in [7, 11) is 1.76. The Labute approximate surface area is 113 Å². The van der Waals surface area contributed by atoms with Crippen molar-refractivity contribution in [3.8, 4) is 0 Å². The lowest BCUT2D eigenvalue weighted by Gasteiger charge is -2.28. The van der Waals surface area contributed by atoms with Gasteiger partial charge in [-0.15, -0.1) is 11.3 Å². The van der Waals surface area contributed by atoms with Crippen molar-refractivity contribution >= 4 is 22.9 Å². The number of hydrogen-bond donors (Lipinski definition) is 1. The molecular weight excluding hydrogens is 254 g/mol. The molecule has 0 amide bonds. The number of rotatable bonds is 7. The van der Waals surface area contributed by atoms with Crippen molar-refractivity contribution in [1.82, 2.24) is 5.32 Å². The van der Waals surface area contributed by atoms with Crippen LogP contribution in [0.1, 0.15) is 44.5 Å². The first-order valence-corrected chi connectivity index (χ1v) is 7.21. The predicted octanol–water partition coefficient (Wildman–Crippen LogP) is 4.26. The summed E-state index contributed by atoms with van der Waals surface area (Å²) in [6, 6.07) is 4.39. The van der Waals surface area contributed by atoms with E-state index in [9.17, 15) is 0 Å². The topological polar surface area (TPSA) is 21.3 Å². The van der Waals surface area contributed by atoms with Gasteiger partial charge in [0.15, 0.2) is 0 Å². The lowest BCUT2D eigenvalue weighted by Crippen LogP contribution is -2.32. The molecule has 0 fully saturated rings. The minimum atomic E-state index is -0.123. The zero-order chi connectivity index (χ0) is 12.9. The van der Waals surface area contributed by atoms with E-state index in [1.54, 1.807) is 18.4 Å². The van der Waals surface area contributed by atoms with E-state index in [1.807, 2.05) is 6.07 Å². The van der Waals surface area contributed by atoms with Gasteiger partial charge in [0.05, 0.1) is 9.94 Å².